The van der Waals surface area contributed by atoms with Crippen LogP contribution in [0, 0.1) is 5.82 Å². The molecule has 1 heterocycles. The van der Waals surface area contributed by atoms with Crippen molar-refractivity contribution in [3.63, 3.8) is 0 Å². The maximum atomic E-state index is 13.8. The van der Waals surface area contributed by atoms with Crippen molar-refractivity contribution < 1.29 is 4.39 Å². The molecule has 4 nitrogen and oxygen atoms in total. The van der Waals surface area contributed by atoms with E-state index in [1.54, 1.807) is 18.2 Å². The van der Waals surface area contributed by atoms with Gasteiger partial charge in [0.05, 0.1) is 11.6 Å². The van der Waals surface area contributed by atoms with Gasteiger partial charge in [0.2, 0.25) is 0 Å². The molecule has 0 unspecified atom stereocenters. The molecule has 1 aromatic carbocycles. The molecule has 0 radical (unpaired) electrons. The van der Waals surface area contributed by atoms with Crippen molar-refractivity contribution in [2.24, 2.45) is 5.73 Å². The summed E-state index contributed by atoms with van der Waals surface area (Å²) in [6.07, 6.45) is 2.26. The van der Waals surface area contributed by atoms with Gasteiger partial charge in [-0.25, -0.2) is 4.39 Å². The number of aromatic nitrogens is 3. The van der Waals surface area contributed by atoms with E-state index >= 15 is 0 Å². The molecule has 0 aliphatic heterocycles. The Balaban J connectivity index is 1.78. The van der Waals surface area contributed by atoms with Gasteiger partial charge in [0, 0.05) is 11.8 Å². The number of hydrogen-bond donors (Lipinski definition) is 1. The Morgan fingerprint density at radius 1 is 1.40 bits per heavy atom. The molecule has 0 saturated heterocycles. The number of rotatable bonds is 5. The summed E-state index contributed by atoms with van der Waals surface area (Å²) in [5, 5.41) is 9.20. The Bertz CT molecular complexity index is 627. The zero-order valence-corrected chi connectivity index (χ0v) is 12.3. The summed E-state index contributed by atoms with van der Waals surface area (Å²) >= 11 is 7.24. The fourth-order valence-electron chi connectivity index (χ4n) is 2.05. The van der Waals surface area contributed by atoms with E-state index in [1.165, 1.54) is 11.8 Å². The van der Waals surface area contributed by atoms with Crippen LogP contribution in [0.3, 0.4) is 0 Å². The highest BCUT2D eigenvalue weighted by molar-refractivity contribution is 7.98. The van der Waals surface area contributed by atoms with Crippen LogP contribution >= 0.6 is 23.4 Å². The third-order valence-corrected chi connectivity index (χ3v) is 4.50. The molecule has 1 saturated carbocycles. The van der Waals surface area contributed by atoms with E-state index in [0.717, 1.165) is 23.8 Å². The summed E-state index contributed by atoms with van der Waals surface area (Å²) in [5.41, 5.74) is 6.24. The molecule has 0 bridgehead atoms. The summed E-state index contributed by atoms with van der Waals surface area (Å²) in [6, 6.07) is 5.48. The van der Waals surface area contributed by atoms with E-state index < -0.39 is 0 Å². The second-order valence-electron chi connectivity index (χ2n) is 4.71. The maximum absolute atomic E-state index is 13.8. The minimum absolute atomic E-state index is 0.148. The van der Waals surface area contributed by atoms with Crippen LogP contribution in [0.2, 0.25) is 5.02 Å². The lowest BCUT2D eigenvalue weighted by Crippen LogP contribution is -2.08. The van der Waals surface area contributed by atoms with Gasteiger partial charge in [-0.1, -0.05) is 35.5 Å². The van der Waals surface area contributed by atoms with Gasteiger partial charge in [-0.3, -0.25) is 0 Å². The van der Waals surface area contributed by atoms with Crippen LogP contribution < -0.4 is 5.73 Å². The Morgan fingerprint density at radius 3 is 2.90 bits per heavy atom. The summed E-state index contributed by atoms with van der Waals surface area (Å²) in [4.78, 5) is 0. The molecular weight excluding hydrogens is 299 g/mol. The molecule has 1 fully saturated rings. The molecule has 1 aromatic heterocycles. The lowest BCUT2D eigenvalue weighted by molar-refractivity contribution is 0.616. The predicted octanol–water partition coefficient (Wildman–Crippen LogP) is 3.16. The largest absolute Gasteiger partial charge is 0.324 e. The highest BCUT2D eigenvalue weighted by Gasteiger charge is 2.29. The van der Waals surface area contributed by atoms with E-state index in [1.807, 2.05) is 0 Å². The SMILES string of the molecule is NCc1nnc(SCc2cccc(Cl)c2F)n1C1CC1. The number of nitrogens with two attached hydrogens (primary N) is 1. The van der Waals surface area contributed by atoms with Crippen LogP contribution in [-0.2, 0) is 12.3 Å². The smallest absolute Gasteiger partial charge is 0.191 e. The van der Waals surface area contributed by atoms with Crippen molar-refractivity contribution in [1.29, 1.82) is 0 Å². The first-order valence-corrected chi connectivity index (χ1v) is 7.76. The van der Waals surface area contributed by atoms with E-state index in [4.69, 9.17) is 17.3 Å². The molecule has 2 N–H and O–H groups in total. The van der Waals surface area contributed by atoms with Gasteiger partial charge < -0.3 is 10.3 Å². The number of hydrogen-bond acceptors (Lipinski definition) is 4. The summed E-state index contributed by atoms with van der Waals surface area (Å²) in [6.45, 7) is 0.371. The highest BCUT2D eigenvalue weighted by atomic mass is 35.5. The van der Waals surface area contributed by atoms with Crippen LogP contribution in [-0.4, -0.2) is 14.8 Å². The molecular formula is C13H14ClFN4S. The summed E-state index contributed by atoms with van der Waals surface area (Å²) in [5.74, 6) is 0.904. The first-order chi connectivity index (χ1) is 9.70. The van der Waals surface area contributed by atoms with Crippen LogP contribution in [0.4, 0.5) is 4.39 Å². The number of halogens is 2. The van der Waals surface area contributed by atoms with Crippen LogP contribution in [0.5, 0.6) is 0 Å². The number of benzene rings is 1. The minimum Gasteiger partial charge on any atom is -0.324 e. The van der Waals surface area contributed by atoms with Crippen molar-refractivity contribution in [1.82, 2.24) is 14.8 Å². The summed E-state index contributed by atoms with van der Waals surface area (Å²) < 4.78 is 15.9. The second-order valence-corrected chi connectivity index (χ2v) is 6.06. The standard InChI is InChI=1S/C13H14ClFN4S/c14-10-3-1-2-8(12(10)15)7-20-13-18-17-11(6-16)19(13)9-4-5-9/h1-3,9H,4-7,16H2. The van der Waals surface area contributed by atoms with Crippen molar-refractivity contribution in [2.45, 2.75) is 36.3 Å². The molecule has 1 aliphatic rings. The molecule has 1 aliphatic carbocycles. The Labute approximate surface area is 125 Å². The monoisotopic (exact) mass is 312 g/mol. The van der Waals surface area contributed by atoms with E-state index in [2.05, 4.69) is 14.8 Å². The van der Waals surface area contributed by atoms with Gasteiger partial charge in [-0.15, -0.1) is 10.2 Å². The first-order valence-electron chi connectivity index (χ1n) is 6.40. The fourth-order valence-corrected chi connectivity index (χ4v) is 3.24. The zero-order chi connectivity index (χ0) is 14.1. The molecule has 2 aromatic rings. The third-order valence-electron chi connectivity index (χ3n) is 3.22. The topological polar surface area (TPSA) is 56.7 Å². The highest BCUT2D eigenvalue weighted by Crippen LogP contribution is 2.39. The Hall–Kier alpha value is -1.11. The molecule has 0 atom stereocenters. The van der Waals surface area contributed by atoms with Crippen LogP contribution in [0.15, 0.2) is 23.4 Å². The third kappa shape index (κ3) is 2.68. The molecule has 0 amide bonds. The second kappa shape index (κ2) is 5.71. The van der Waals surface area contributed by atoms with E-state index in [0.29, 0.717) is 23.9 Å². The average Bonchev–Trinajstić information content (AvgIpc) is 3.21. The number of thioether (sulfide) groups is 1. The number of nitrogens with zero attached hydrogens (tertiary/aromatic N) is 3. The Morgan fingerprint density at radius 2 is 2.20 bits per heavy atom. The zero-order valence-electron chi connectivity index (χ0n) is 10.7. The lowest BCUT2D eigenvalue weighted by Gasteiger charge is -2.08. The van der Waals surface area contributed by atoms with Crippen molar-refractivity contribution in [2.75, 3.05) is 0 Å². The minimum atomic E-state index is -0.363. The van der Waals surface area contributed by atoms with Crippen molar-refractivity contribution in [3.8, 4) is 0 Å². The van der Waals surface area contributed by atoms with Gasteiger partial charge in [0.15, 0.2) is 5.16 Å². The Kier molecular flexibility index (Phi) is 3.96. The van der Waals surface area contributed by atoms with Crippen LogP contribution in [0.1, 0.15) is 30.3 Å². The maximum Gasteiger partial charge on any atom is 0.191 e. The predicted molar refractivity (Wildman–Crippen MR) is 77.2 cm³/mol. The van der Waals surface area contributed by atoms with Crippen molar-refractivity contribution in [3.05, 3.63) is 40.4 Å². The van der Waals surface area contributed by atoms with Crippen LogP contribution in [0.25, 0.3) is 0 Å². The summed E-state index contributed by atoms with van der Waals surface area (Å²) in [7, 11) is 0. The molecule has 20 heavy (non-hydrogen) atoms. The molecule has 7 heteroatoms. The van der Waals surface area contributed by atoms with Gasteiger partial charge in [0.1, 0.15) is 11.6 Å². The molecule has 3 rings (SSSR count). The fraction of sp³-hybridized carbons (Fsp3) is 0.385. The average molecular weight is 313 g/mol. The quantitative estimate of drug-likeness (QED) is 0.862. The van der Waals surface area contributed by atoms with Gasteiger partial charge in [-0.2, -0.15) is 0 Å². The van der Waals surface area contributed by atoms with Gasteiger partial charge in [0.25, 0.3) is 0 Å². The lowest BCUT2D eigenvalue weighted by atomic mass is 10.2. The van der Waals surface area contributed by atoms with E-state index in [-0.39, 0.29) is 10.8 Å². The normalized spacial score (nSPS) is 14.8. The molecule has 0 spiro atoms. The van der Waals surface area contributed by atoms with Gasteiger partial charge in [-0.05, 0) is 24.5 Å². The molecule has 106 valence electrons. The van der Waals surface area contributed by atoms with Crippen molar-refractivity contribution >= 4 is 23.4 Å². The van der Waals surface area contributed by atoms with E-state index in [9.17, 15) is 4.39 Å². The van der Waals surface area contributed by atoms with Gasteiger partial charge >= 0.3 is 0 Å². The first kappa shape index (κ1) is 13.9.